The topological polar surface area (TPSA) is 9.23 Å². The summed E-state index contributed by atoms with van der Waals surface area (Å²) in [4.78, 5) is 0. The number of hydrogen-bond donors (Lipinski definition) is 0. The fraction of sp³-hybridized carbons (Fsp3) is 0.667. The second kappa shape index (κ2) is 8.61. The summed E-state index contributed by atoms with van der Waals surface area (Å²) in [6, 6.07) is 9.21. The first-order valence-corrected chi connectivity index (χ1v) is 11.6. The minimum Gasteiger partial charge on any atom is -0.543 e. The zero-order valence-corrected chi connectivity index (χ0v) is 17.3. The van der Waals surface area contributed by atoms with E-state index < -0.39 is 8.32 Å². The Morgan fingerprint density at radius 1 is 0.818 bits per heavy atom. The van der Waals surface area contributed by atoms with Gasteiger partial charge in [0.2, 0.25) is 0 Å². The van der Waals surface area contributed by atoms with Gasteiger partial charge in [0.05, 0.1) is 10.0 Å². The monoisotopic (exact) mass is 360 g/mol. The Bertz CT molecular complexity index is 446. The van der Waals surface area contributed by atoms with Gasteiger partial charge in [-0.2, -0.15) is 0 Å². The second-order valence-electron chi connectivity index (χ2n) is 7.65. The van der Waals surface area contributed by atoms with Crippen LogP contribution in [-0.4, -0.2) is 8.32 Å². The summed E-state index contributed by atoms with van der Waals surface area (Å²) >= 11 is 12.2. The summed E-state index contributed by atoms with van der Waals surface area (Å²) in [7, 11) is -1.87. The van der Waals surface area contributed by atoms with Crippen LogP contribution in [-0.2, 0) is 0 Å². The van der Waals surface area contributed by atoms with Crippen molar-refractivity contribution in [1.29, 1.82) is 0 Å². The van der Waals surface area contributed by atoms with Gasteiger partial charge in [0.1, 0.15) is 5.75 Å². The van der Waals surface area contributed by atoms with Crippen molar-refractivity contribution in [1.82, 2.24) is 0 Å². The van der Waals surface area contributed by atoms with Gasteiger partial charge in [-0.15, -0.1) is 0 Å². The van der Waals surface area contributed by atoms with Gasteiger partial charge in [0.25, 0.3) is 8.32 Å². The molecule has 4 heteroatoms. The van der Waals surface area contributed by atoms with Gasteiger partial charge in [0, 0.05) is 0 Å². The maximum absolute atomic E-state index is 6.67. The van der Waals surface area contributed by atoms with Crippen LogP contribution in [0.15, 0.2) is 18.2 Å². The highest BCUT2D eigenvalue weighted by molar-refractivity contribution is 6.74. The van der Waals surface area contributed by atoms with Crippen molar-refractivity contribution in [2.75, 3.05) is 0 Å². The molecule has 0 fully saturated rings. The van der Waals surface area contributed by atoms with Crippen LogP contribution >= 0.6 is 23.2 Å². The zero-order valence-electron chi connectivity index (χ0n) is 14.7. The molecule has 0 saturated carbocycles. The Morgan fingerprint density at radius 3 is 1.64 bits per heavy atom. The van der Waals surface area contributed by atoms with E-state index in [9.17, 15) is 0 Å². The van der Waals surface area contributed by atoms with E-state index in [4.69, 9.17) is 27.6 Å². The highest BCUT2D eigenvalue weighted by Gasteiger charge is 2.39. The van der Waals surface area contributed by atoms with Crippen LogP contribution in [0.4, 0.5) is 0 Å². The van der Waals surface area contributed by atoms with Gasteiger partial charge >= 0.3 is 0 Å². The van der Waals surface area contributed by atoms with E-state index >= 15 is 0 Å². The fourth-order valence-corrected chi connectivity index (χ4v) is 9.53. The molecule has 0 heterocycles. The second-order valence-corrected chi connectivity index (χ2v) is 12.3. The average molecular weight is 361 g/mol. The summed E-state index contributed by atoms with van der Waals surface area (Å²) in [5.41, 5.74) is 0. The summed E-state index contributed by atoms with van der Waals surface area (Å²) in [5.74, 6) is 2.81. The molecule has 0 unspecified atom stereocenters. The number of halogens is 2. The third-order valence-corrected chi connectivity index (χ3v) is 9.66. The molecule has 22 heavy (non-hydrogen) atoms. The lowest BCUT2D eigenvalue weighted by Gasteiger charge is -2.36. The van der Waals surface area contributed by atoms with Crippen molar-refractivity contribution in [3.63, 3.8) is 0 Å². The quantitative estimate of drug-likeness (QED) is 0.442. The van der Waals surface area contributed by atoms with E-state index in [-0.39, 0.29) is 0 Å². The standard InChI is InChI=1S/C18H30Cl2OSi/c1-13(2)10-22(11-14(3)4,12-15(5)6)21-16-7-8-17(19)18(20)9-16/h7-9,13-15H,10-12H2,1-6H3. The molecule has 1 nitrogen and oxygen atoms in total. The fourth-order valence-electron chi connectivity index (χ4n) is 3.40. The van der Waals surface area contributed by atoms with E-state index in [0.29, 0.717) is 27.8 Å². The Labute approximate surface area is 147 Å². The van der Waals surface area contributed by atoms with Gasteiger partial charge in [-0.25, -0.2) is 0 Å². The van der Waals surface area contributed by atoms with Gasteiger partial charge < -0.3 is 4.43 Å². The molecule has 1 aromatic carbocycles. The van der Waals surface area contributed by atoms with Crippen molar-refractivity contribution in [2.24, 2.45) is 17.8 Å². The molecule has 0 saturated heterocycles. The van der Waals surface area contributed by atoms with Crippen LogP contribution in [0.25, 0.3) is 0 Å². The molecule has 0 aliphatic carbocycles. The molecule has 1 aromatic rings. The summed E-state index contributed by atoms with van der Waals surface area (Å²) in [5, 5.41) is 1.15. The van der Waals surface area contributed by atoms with Crippen molar-refractivity contribution in [3.05, 3.63) is 28.2 Å². The first kappa shape index (κ1) is 19.9. The normalized spacial score (nSPS) is 12.5. The smallest absolute Gasteiger partial charge is 0.252 e. The Hall–Kier alpha value is -0.183. The molecular weight excluding hydrogens is 331 g/mol. The van der Waals surface area contributed by atoms with Crippen molar-refractivity contribution < 1.29 is 4.43 Å². The zero-order chi connectivity index (χ0) is 16.9. The van der Waals surface area contributed by atoms with E-state index in [0.717, 1.165) is 5.75 Å². The predicted octanol–water partition coefficient (Wildman–Crippen LogP) is 7.29. The number of rotatable bonds is 8. The highest BCUT2D eigenvalue weighted by Crippen LogP contribution is 2.36. The van der Waals surface area contributed by atoms with Gasteiger partial charge in [-0.1, -0.05) is 64.7 Å². The number of hydrogen-bond acceptors (Lipinski definition) is 1. The third kappa shape index (κ3) is 6.52. The average Bonchev–Trinajstić information content (AvgIpc) is 2.30. The lowest BCUT2D eigenvalue weighted by Crippen LogP contribution is -2.45. The molecule has 0 bridgehead atoms. The van der Waals surface area contributed by atoms with Crippen LogP contribution in [0.5, 0.6) is 5.75 Å². The van der Waals surface area contributed by atoms with Crippen molar-refractivity contribution >= 4 is 31.5 Å². The van der Waals surface area contributed by atoms with Crippen LogP contribution in [0, 0.1) is 17.8 Å². The Kier molecular flexibility index (Phi) is 7.77. The van der Waals surface area contributed by atoms with E-state index in [1.807, 2.05) is 18.2 Å². The Balaban J connectivity index is 3.11. The van der Waals surface area contributed by atoms with Crippen LogP contribution < -0.4 is 4.43 Å². The number of benzene rings is 1. The predicted molar refractivity (Wildman–Crippen MR) is 102 cm³/mol. The van der Waals surface area contributed by atoms with Crippen LogP contribution in [0.2, 0.25) is 28.2 Å². The Morgan fingerprint density at radius 2 is 1.27 bits per heavy atom. The van der Waals surface area contributed by atoms with E-state index in [2.05, 4.69) is 41.5 Å². The molecule has 0 aliphatic heterocycles. The lowest BCUT2D eigenvalue weighted by atomic mass is 10.2. The molecule has 0 radical (unpaired) electrons. The maximum atomic E-state index is 6.67. The van der Waals surface area contributed by atoms with E-state index in [1.54, 1.807) is 0 Å². The van der Waals surface area contributed by atoms with Gasteiger partial charge in [-0.3, -0.25) is 0 Å². The molecule has 0 aromatic heterocycles. The van der Waals surface area contributed by atoms with Crippen molar-refractivity contribution in [2.45, 2.75) is 59.7 Å². The highest BCUT2D eigenvalue weighted by atomic mass is 35.5. The van der Waals surface area contributed by atoms with Gasteiger partial charge in [0.15, 0.2) is 0 Å². The lowest BCUT2D eigenvalue weighted by molar-refractivity contribution is 0.474. The molecule has 0 N–H and O–H groups in total. The maximum Gasteiger partial charge on any atom is 0.252 e. The molecular formula is C18H30Cl2OSi. The van der Waals surface area contributed by atoms with Crippen LogP contribution in [0.1, 0.15) is 41.5 Å². The molecule has 0 aliphatic rings. The summed E-state index contributed by atoms with van der Waals surface area (Å²) < 4.78 is 6.67. The SMILES string of the molecule is CC(C)C[Si](CC(C)C)(CC(C)C)Oc1ccc(Cl)c(Cl)c1. The largest absolute Gasteiger partial charge is 0.543 e. The minimum absolute atomic E-state index is 0.570. The molecule has 0 atom stereocenters. The third-order valence-electron chi connectivity index (χ3n) is 3.57. The molecule has 126 valence electrons. The first-order chi connectivity index (χ1) is 10.1. The summed E-state index contributed by atoms with van der Waals surface area (Å²) in [6.45, 7) is 13.8. The molecule has 1 rings (SSSR count). The van der Waals surface area contributed by atoms with Crippen molar-refractivity contribution in [3.8, 4) is 5.75 Å². The molecule has 0 amide bonds. The summed E-state index contributed by atoms with van der Waals surface area (Å²) in [6.07, 6.45) is 0. The van der Waals surface area contributed by atoms with Crippen LogP contribution in [0.3, 0.4) is 0 Å². The first-order valence-electron chi connectivity index (χ1n) is 8.27. The minimum atomic E-state index is -1.87. The molecule has 0 spiro atoms. The van der Waals surface area contributed by atoms with E-state index in [1.165, 1.54) is 18.1 Å². The van der Waals surface area contributed by atoms with Gasteiger partial charge in [-0.05, 0) is 54.1 Å².